The zero-order valence-electron chi connectivity index (χ0n) is 15.5. The molecule has 0 fully saturated rings. The fourth-order valence-electron chi connectivity index (χ4n) is 3.70. The number of benzene rings is 1. The van der Waals surface area contributed by atoms with Crippen LogP contribution in [0.1, 0.15) is 5.56 Å². The van der Waals surface area contributed by atoms with Crippen LogP contribution in [0.15, 0.2) is 66.0 Å². The molecule has 4 aromatic heterocycles. The van der Waals surface area contributed by atoms with Gasteiger partial charge >= 0.3 is 0 Å². The van der Waals surface area contributed by atoms with Gasteiger partial charge in [-0.25, -0.2) is 0 Å². The Morgan fingerprint density at radius 1 is 1.14 bits per heavy atom. The van der Waals surface area contributed by atoms with E-state index in [-0.39, 0.29) is 5.56 Å². The topological polar surface area (TPSA) is 55.6 Å². The molecule has 0 radical (unpaired) electrons. The lowest BCUT2D eigenvalue weighted by Gasteiger charge is -2.11. The molecular weight excluding hydrogens is 407 g/mol. The van der Waals surface area contributed by atoms with E-state index in [2.05, 4.69) is 20.6 Å². The number of fused-ring (bicyclic) bond motifs is 2. The molecule has 1 N–H and O–H groups in total. The van der Waals surface area contributed by atoms with Gasteiger partial charge in [-0.2, -0.15) is 0 Å². The first-order valence-corrected chi connectivity index (χ1v) is 9.83. The van der Waals surface area contributed by atoms with E-state index in [4.69, 9.17) is 23.2 Å². The lowest BCUT2D eigenvalue weighted by molar-refractivity contribution is 0.837. The second-order valence-electron chi connectivity index (χ2n) is 7.00. The molecule has 5 nitrogen and oxygen atoms in total. The Labute approximate surface area is 176 Å². The van der Waals surface area contributed by atoms with Crippen molar-refractivity contribution < 1.29 is 0 Å². The summed E-state index contributed by atoms with van der Waals surface area (Å²) in [6, 6.07) is 11.5. The van der Waals surface area contributed by atoms with E-state index in [1.165, 1.54) is 0 Å². The first kappa shape index (κ1) is 18.0. The van der Waals surface area contributed by atoms with Crippen molar-refractivity contribution in [2.24, 2.45) is 7.05 Å². The van der Waals surface area contributed by atoms with E-state index >= 15 is 0 Å². The smallest absolute Gasteiger partial charge is 0.274 e. The maximum Gasteiger partial charge on any atom is 0.274 e. The minimum atomic E-state index is -0.0560. The number of aryl methyl sites for hydroxylation is 1. The number of halogens is 2. The van der Waals surface area contributed by atoms with Crippen LogP contribution in [0, 0.1) is 0 Å². The Morgan fingerprint density at radius 2 is 1.93 bits per heavy atom. The van der Waals surface area contributed by atoms with Crippen LogP contribution in [0.25, 0.3) is 33.1 Å². The Balaban J connectivity index is 1.67. The standard InChI is InChI=1S/C22H16Cl2N4O/c1-27-11-15(14-5-7-25-21(14)22(27)29)13-9-20-19(26-10-13)6-8-28(20)12-16-17(23)3-2-4-18(16)24/h2-11,25H,12H2,1H3. The van der Waals surface area contributed by atoms with Gasteiger partial charge in [-0.3, -0.25) is 9.78 Å². The van der Waals surface area contributed by atoms with Crippen molar-refractivity contribution in [3.05, 3.63) is 87.1 Å². The van der Waals surface area contributed by atoms with Gasteiger partial charge in [-0.1, -0.05) is 29.3 Å². The van der Waals surface area contributed by atoms with E-state index in [1.54, 1.807) is 17.8 Å². The van der Waals surface area contributed by atoms with Crippen LogP contribution in [0.3, 0.4) is 0 Å². The number of H-pyrrole nitrogens is 1. The van der Waals surface area contributed by atoms with E-state index < -0.39 is 0 Å². The third-order valence-electron chi connectivity index (χ3n) is 5.21. The van der Waals surface area contributed by atoms with Crippen LogP contribution in [0.4, 0.5) is 0 Å². The van der Waals surface area contributed by atoms with Gasteiger partial charge in [0.2, 0.25) is 0 Å². The average Bonchev–Trinajstić information content (AvgIpc) is 3.35. The van der Waals surface area contributed by atoms with Gasteiger partial charge in [-0.15, -0.1) is 0 Å². The third kappa shape index (κ3) is 2.94. The Kier molecular flexibility index (Phi) is 4.23. The predicted octanol–water partition coefficient (Wildman–Crippen LogP) is 5.24. The molecule has 144 valence electrons. The molecule has 7 heteroatoms. The van der Waals surface area contributed by atoms with Crippen LogP contribution in [-0.2, 0) is 13.6 Å². The van der Waals surface area contributed by atoms with Gasteiger partial charge in [0.15, 0.2) is 0 Å². The molecule has 0 saturated heterocycles. The molecule has 29 heavy (non-hydrogen) atoms. The van der Waals surface area contributed by atoms with Crippen LogP contribution in [0.5, 0.6) is 0 Å². The summed E-state index contributed by atoms with van der Waals surface area (Å²) in [4.78, 5) is 20.0. The second-order valence-corrected chi connectivity index (χ2v) is 7.81. The maximum absolute atomic E-state index is 12.4. The van der Waals surface area contributed by atoms with Crippen molar-refractivity contribution in [1.82, 2.24) is 19.1 Å². The molecule has 0 atom stereocenters. The second kappa shape index (κ2) is 6.79. The molecule has 0 aliphatic carbocycles. The summed E-state index contributed by atoms with van der Waals surface area (Å²) in [6.07, 6.45) is 7.44. The fourth-order valence-corrected chi connectivity index (χ4v) is 4.22. The van der Waals surface area contributed by atoms with Crippen LogP contribution >= 0.6 is 23.2 Å². The molecule has 0 saturated carbocycles. The molecule has 0 bridgehead atoms. The van der Waals surface area contributed by atoms with Crippen molar-refractivity contribution in [3.8, 4) is 11.1 Å². The summed E-state index contributed by atoms with van der Waals surface area (Å²) in [5.74, 6) is 0. The average molecular weight is 423 g/mol. The van der Waals surface area contributed by atoms with Crippen molar-refractivity contribution >= 4 is 45.1 Å². The fraction of sp³-hybridized carbons (Fsp3) is 0.0909. The van der Waals surface area contributed by atoms with Gasteiger partial charge in [0.1, 0.15) is 5.52 Å². The number of pyridine rings is 2. The number of nitrogens with one attached hydrogen (secondary N) is 1. The monoisotopic (exact) mass is 422 g/mol. The van der Waals surface area contributed by atoms with Crippen molar-refractivity contribution in [2.75, 3.05) is 0 Å². The van der Waals surface area contributed by atoms with Crippen molar-refractivity contribution in [3.63, 3.8) is 0 Å². The lowest BCUT2D eigenvalue weighted by Crippen LogP contribution is -2.16. The van der Waals surface area contributed by atoms with Crippen molar-refractivity contribution in [1.29, 1.82) is 0 Å². The number of hydrogen-bond donors (Lipinski definition) is 1. The summed E-state index contributed by atoms with van der Waals surface area (Å²) >= 11 is 12.7. The first-order chi connectivity index (χ1) is 14.0. The SMILES string of the molecule is Cn1cc(-c2cnc3ccn(Cc4c(Cl)cccc4Cl)c3c2)c2cc[nH]c2c1=O. The lowest BCUT2D eigenvalue weighted by atomic mass is 10.1. The predicted molar refractivity (Wildman–Crippen MR) is 118 cm³/mol. The van der Waals surface area contributed by atoms with Gasteiger partial charge in [0.05, 0.1) is 17.6 Å². The first-order valence-electron chi connectivity index (χ1n) is 9.08. The molecule has 1 aromatic carbocycles. The molecule has 0 aliphatic heterocycles. The zero-order valence-corrected chi connectivity index (χ0v) is 17.0. The Hall–Kier alpha value is -3.02. The summed E-state index contributed by atoms with van der Waals surface area (Å²) in [7, 11) is 1.75. The molecule has 0 amide bonds. The molecule has 0 aliphatic rings. The van der Waals surface area contributed by atoms with Crippen molar-refractivity contribution in [2.45, 2.75) is 6.54 Å². The molecule has 4 heterocycles. The minimum Gasteiger partial charge on any atom is -0.357 e. The Bertz CT molecular complexity index is 1420. The highest BCUT2D eigenvalue weighted by atomic mass is 35.5. The summed E-state index contributed by atoms with van der Waals surface area (Å²) < 4.78 is 3.66. The van der Waals surface area contributed by atoms with Gasteiger partial charge in [0.25, 0.3) is 5.56 Å². The summed E-state index contributed by atoms with van der Waals surface area (Å²) in [5, 5.41) is 2.15. The number of rotatable bonds is 3. The number of nitrogens with zero attached hydrogens (tertiary/aromatic N) is 3. The van der Waals surface area contributed by atoms with Gasteiger partial charge < -0.3 is 14.1 Å². The molecule has 5 rings (SSSR count). The highest BCUT2D eigenvalue weighted by Crippen LogP contribution is 2.30. The number of aromatic amines is 1. The molecule has 5 aromatic rings. The van der Waals surface area contributed by atoms with E-state index in [1.807, 2.05) is 48.9 Å². The number of aromatic nitrogens is 4. The maximum atomic E-state index is 12.4. The normalized spacial score (nSPS) is 11.6. The van der Waals surface area contributed by atoms with E-state index in [0.717, 1.165) is 33.1 Å². The van der Waals surface area contributed by atoms with Crippen LogP contribution in [0.2, 0.25) is 10.0 Å². The Morgan fingerprint density at radius 3 is 2.72 bits per heavy atom. The highest BCUT2D eigenvalue weighted by molar-refractivity contribution is 6.36. The molecule has 0 spiro atoms. The summed E-state index contributed by atoms with van der Waals surface area (Å²) in [6.45, 7) is 0.542. The molecular formula is C22H16Cl2N4O. The van der Waals surface area contributed by atoms with Crippen LogP contribution < -0.4 is 5.56 Å². The highest BCUT2D eigenvalue weighted by Gasteiger charge is 2.13. The third-order valence-corrected chi connectivity index (χ3v) is 5.92. The van der Waals surface area contributed by atoms with Crippen LogP contribution in [-0.4, -0.2) is 19.1 Å². The zero-order chi connectivity index (χ0) is 20.1. The van der Waals surface area contributed by atoms with E-state index in [0.29, 0.717) is 22.1 Å². The number of hydrogen-bond acceptors (Lipinski definition) is 2. The van der Waals surface area contributed by atoms with Gasteiger partial charge in [0, 0.05) is 64.0 Å². The van der Waals surface area contributed by atoms with Gasteiger partial charge in [-0.05, 0) is 30.3 Å². The summed E-state index contributed by atoms with van der Waals surface area (Å²) in [5.41, 5.74) is 5.13. The largest absolute Gasteiger partial charge is 0.357 e. The molecule has 0 unspecified atom stereocenters. The minimum absolute atomic E-state index is 0.0560. The van der Waals surface area contributed by atoms with E-state index in [9.17, 15) is 4.79 Å². The quantitative estimate of drug-likeness (QED) is 0.432.